The van der Waals surface area contributed by atoms with E-state index in [-0.39, 0.29) is 11.4 Å². The highest BCUT2D eigenvalue weighted by molar-refractivity contribution is 6.30. The van der Waals surface area contributed by atoms with Crippen molar-refractivity contribution in [2.45, 2.75) is 6.18 Å². The van der Waals surface area contributed by atoms with Crippen LogP contribution in [0, 0.1) is 0 Å². The SMILES string of the molecule is O=C(Nc1ccccc1C(F)(F)F)c1cnc(Nc2ccc(Cl)cc2)cn1. The number of carbonyl (C=O) groups excluding carboxylic acids is 1. The summed E-state index contributed by atoms with van der Waals surface area (Å²) in [4.78, 5) is 20.2. The molecule has 1 heterocycles. The molecule has 0 aliphatic heterocycles. The lowest BCUT2D eigenvalue weighted by atomic mass is 10.1. The molecule has 2 N–H and O–H groups in total. The fourth-order valence-corrected chi connectivity index (χ4v) is 2.34. The summed E-state index contributed by atoms with van der Waals surface area (Å²) < 4.78 is 39.0. The van der Waals surface area contributed by atoms with Gasteiger partial charge in [0.25, 0.3) is 5.91 Å². The number of benzene rings is 2. The van der Waals surface area contributed by atoms with Crippen LogP contribution in [0.5, 0.6) is 0 Å². The molecule has 0 saturated carbocycles. The molecule has 3 rings (SSSR count). The lowest BCUT2D eigenvalue weighted by molar-refractivity contribution is -0.136. The maximum atomic E-state index is 13.0. The first kappa shape index (κ1) is 18.7. The van der Waals surface area contributed by atoms with Gasteiger partial charge in [0.2, 0.25) is 0 Å². The second-order valence-corrected chi connectivity index (χ2v) is 5.85. The number of nitrogens with one attached hydrogen (secondary N) is 2. The summed E-state index contributed by atoms with van der Waals surface area (Å²) in [6.45, 7) is 0. The zero-order valence-electron chi connectivity index (χ0n) is 13.6. The van der Waals surface area contributed by atoms with E-state index in [9.17, 15) is 18.0 Å². The van der Waals surface area contributed by atoms with Gasteiger partial charge in [0.05, 0.1) is 23.6 Å². The van der Waals surface area contributed by atoms with Crippen LogP contribution in [0.4, 0.5) is 30.4 Å². The first-order valence-corrected chi connectivity index (χ1v) is 8.03. The Kier molecular flexibility index (Phi) is 5.27. The number of amides is 1. The minimum atomic E-state index is -4.58. The lowest BCUT2D eigenvalue weighted by Crippen LogP contribution is -2.18. The van der Waals surface area contributed by atoms with E-state index in [4.69, 9.17) is 11.6 Å². The Hall–Kier alpha value is -3.13. The molecule has 0 atom stereocenters. The Morgan fingerprint density at radius 2 is 1.67 bits per heavy atom. The standard InChI is InChI=1S/C18H12ClF3N4O/c19-11-5-7-12(8-6-11)25-16-10-23-15(9-24-16)17(27)26-14-4-2-1-3-13(14)18(20,21)22/h1-10H,(H,24,25)(H,26,27). The number of alkyl halides is 3. The predicted molar refractivity (Wildman–Crippen MR) is 96.2 cm³/mol. The molecule has 27 heavy (non-hydrogen) atoms. The Morgan fingerprint density at radius 3 is 2.30 bits per heavy atom. The number of hydrogen-bond acceptors (Lipinski definition) is 4. The summed E-state index contributed by atoms with van der Waals surface area (Å²) in [5, 5.41) is 5.76. The van der Waals surface area contributed by atoms with Crippen LogP contribution in [0.25, 0.3) is 0 Å². The predicted octanol–water partition coefficient (Wildman–Crippen LogP) is 5.14. The van der Waals surface area contributed by atoms with Crippen molar-refractivity contribution in [2.24, 2.45) is 0 Å². The Labute approximate surface area is 157 Å². The third kappa shape index (κ3) is 4.73. The number of rotatable bonds is 4. The van der Waals surface area contributed by atoms with Crippen LogP contribution in [0.1, 0.15) is 16.1 Å². The van der Waals surface area contributed by atoms with Gasteiger partial charge < -0.3 is 10.6 Å². The summed E-state index contributed by atoms with van der Waals surface area (Å²) in [5.74, 6) is -0.429. The van der Waals surface area contributed by atoms with Crippen LogP contribution in [0.15, 0.2) is 60.9 Å². The van der Waals surface area contributed by atoms with Crippen LogP contribution >= 0.6 is 11.6 Å². The molecule has 1 amide bonds. The van der Waals surface area contributed by atoms with E-state index in [0.29, 0.717) is 16.5 Å². The molecule has 138 valence electrons. The number of anilines is 3. The highest BCUT2D eigenvalue weighted by Gasteiger charge is 2.33. The van der Waals surface area contributed by atoms with Gasteiger partial charge in [-0.3, -0.25) is 4.79 Å². The molecule has 9 heteroatoms. The van der Waals surface area contributed by atoms with E-state index < -0.39 is 17.6 Å². The number of carbonyl (C=O) groups is 1. The van der Waals surface area contributed by atoms with Crippen molar-refractivity contribution in [3.05, 3.63) is 77.2 Å². The third-order valence-electron chi connectivity index (χ3n) is 3.48. The summed E-state index contributed by atoms with van der Waals surface area (Å²) in [6.07, 6.45) is -2.11. The monoisotopic (exact) mass is 392 g/mol. The van der Waals surface area contributed by atoms with Crippen molar-refractivity contribution in [1.82, 2.24) is 9.97 Å². The third-order valence-corrected chi connectivity index (χ3v) is 3.73. The molecule has 0 aliphatic carbocycles. The van der Waals surface area contributed by atoms with Crippen molar-refractivity contribution >= 4 is 34.7 Å². The largest absolute Gasteiger partial charge is 0.418 e. The van der Waals surface area contributed by atoms with Crippen molar-refractivity contribution in [1.29, 1.82) is 0 Å². The molecule has 0 aliphatic rings. The molecule has 1 aromatic heterocycles. The van der Waals surface area contributed by atoms with Crippen molar-refractivity contribution in [2.75, 3.05) is 10.6 Å². The van der Waals surface area contributed by atoms with E-state index in [1.54, 1.807) is 24.3 Å². The number of nitrogens with zero attached hydrogens (tertiary/aromatic N) is 2. The molecule has 5 nitrogen and oxygen atoms in total. The van der Waals surface area contributed by atoms with Gasteiger partial charge in [-0.15, -0.1) is 0 Å². The van der Waals surface area contributed by atoms with Crippen LogP contribution in [-0.4, -0.2) is 15.9 Å². The number of halogens is 4. The van der Waals surface area contributed by atoms with E-state index in [0.717, 1.165) is 6.07 Å². The zero-order valence-corrected chi connectivity index (χ0v) is 14.3. The maximum absolute atomic E-state index is 13.0. The topological polar surface area (TPSA) is 66.9 Å². The van der Waals surface area contributed by atoms with Gasteiger partial charge >= 0.3 is 6.18 Å². The van der Waals surface area contributed by atoms with Crippen LogP contribution in [0.3, 0.4) is 0 Å². The fourth-order valence-electron chi connectivity index (χ4n) is 2.22. The maximum Gasteiger partial charge on any atom is 0.418 e. The number of hydrogen-bond donors (Lipinski definition) is 2. The zero-order chi connectivity index (χ0) is 19.4. The Bertz CT molecular complexity index is 944. The molecular weight excluding hydrogens is 381 g/mol. The summed E-state index contributed by atoms with van der Waals surface area (Å²) in [7, 11) is 0. The van der Waals surface area contributed by atoms with Crippen LogP contribution in [0.2, 0.25) is 5.02 Å². The molecule has 3 aromatic rings. The number of para-hydroxylation sites is 1. The molecule has 0 radical (unpaired) electrons. The van der Waals surface area contributed by atoms with Gasteiger partial charge in [0.1, 0.15) is 11.5 Å². The average molecular weight is 393 g/mol. The normalized spacial score (nSPS) is 11.1. The van der Waals surface area contributed by atoms with E-state index >= 15 is 0 Å². The molecule has 2 aromatic carbocycles. The average Bonchev–Trinajstić information content (AvgIpc) is 2.64. The van der Waals surface area contributed by atoms with Gasteiger partial charge in [0, 0.05) is 10.7 Å². The minimum Gasteiger partial charge on any atom is -0.339 e. The van der Waals surface area contributed by atoms with Gasteiger partial charge in [-0.25, -0.2) is 9.97 Å². The van der Waals surface area contributed by atoms with Crippen molar-refractivity contribution in [3.8, 4) is 0 Å². The molecule has 0 spiro atoms. The van der Waals surface area contributed by atoms with Gasteiger partial charge in [-0.2, -0.15) is 13.2 Å². The Morgan fingerprint density at radius 1 is 0.963 bits per heavy atom. The molecule has 0 fully saturated rings. The summed E-state index contributed by atoms with van der Waals surface area (Å²) >= 11 is 5.81. The smallest absolute Gasteiger partial charge is 0.339 e. The van der Waals surface area contributed by atoms with Crippen LogP contribution in [-0.2, 0) is 6.18 Å². The van der Waals surface area contributed by atoms with Crippen LogP contribution < -0.4 is 10.6 Å². The summed E-state index contributed by atoms with van der Waals surface area (Å²) in [6, 6.07) is 11.6. The van der Waals surface area contributed by atoms with E-state index in [2.05, 4.69) is 20.6 Å². The van der Waals surface area contributed by atoms with E-state index in [1.807, 2.05) is 0 Å². The highest BCUT2D eigenvalue weighted by atomic mass is 35.5. The first-order valence-electron chi connectivity index (χ1n) is 7.65. The summed E-state index contributed by atoms with van der Waals surface area (Å²) in [5.41, 5.74) is -0.689. The van der Waals surface area contributed by atoms with Gasteiger partial charge in [-0.05, 0) is 36.4 Å². The second kappa shape index (κ2) is 7.63. The van der Waals surface area contributed by atoms with Gasteiger partial charge in [0.15, 0.2) is 0 Å². The molecule has 0 bridgehead atoms. The highest BCUT2D eigenvalue weighted by Crippen LogP contribution is 2.34. The molecule has 0 saturated heterocycles. The van der Waals surface area contributed by atoms with Crippen molar-refractivity contribution < 1.29 is 18.0 Å². The minimum absolute atomic E-state index is 0.117. The fraction of sp³-hybridized carbons (Fsp3) is 0.0556. The molecular formula is C18H12ClF3N4O. The lowest BCUT2D eigenvalue weighted by Gasteiger charge is -2.13. The quantitative estimate of drug-likeness (QED) is 0.644. The first-order chi connectivity index (χ1) is 12.8. The number of aromatic nitrogens is 2. The van der Waals surface area contributed by atoms with Gasteiger partial charge in [-0.1, -0.05) is 23.7 Å². The van der Waals surface area contributed by atoms with Crippen molar-refractivity contribution in [3.63, 3.8) is 0 Å². The molecule has 0 unspecified atom stereocenters. The van der Waals surface area contributed by atoms with E-state index in [1.165, 1.54) is 30.6 Å². The second-order valence-electron chi connectivity index (χ2n) is 5.42. The Balaban J connectivity index is 1.72.